The number of benzene rings is 16. The third-order valence-corrected chi connectivity index (χ3v) is 23.6. The first-order chi connectivity index (χ1) is 53.4. The van der Waals surface area contributed by atoms with Gasteiger partial charge in [0, 0.05) is 53.4 Å². The molecule has 5 heterocycles. The molecule has 0 unspecified atom stereocenters. The van der Waals surface area contributed by atoms with Gasteiger partial charge in [-0.1, -0.05) is 231 Å². The van der Waals surface area contributed by atoms with E-state index in [-0.39, 0.29) is 0 Å². The van der Waals surface area contributed by atoms with Gasteiger partial charge in [-0.15, -0.1) is 22.7 Å². The second-order valence-electron chi connectivity index (χ2n) is 27.4. The molecule has 0 aliphatic rings. The Bertz CT molecular complexity index is 7240. The lowest BCUT2D eigenvalue weighted by atomic mass is 9.86. The standard InChI is InChI=1S/C53H31N3S.C48H28N2S/c1-54-39-21-23-53-49(30-39)48-29-35(20-22-52(48)57-53)33-16-18-34(19-17-33)44-31-46-43-13-5-3-11-41(43)45(32-47(46)42-12-4-2-10-40(42)44)36-26-37(50-14-6-8-24-55-50)28-38(27-36)51-15-7-9-25-56-51;1-49-34-23-25-48-44(27-34)43-26-33(22-24-47(43)51-48)30-18-20-31(21-19-30)39-28-40-37-14-7-8-15-38(37)42(29-41(40)36-13-6-5-12-35(36)39)46-17-9-16-45(50-46)32-10-3-2-4-11-32/h2-32H;2-29H. The van der Waals surface area contributed by atoms with Gasteiger partial charge in [0.1, 0.15) is 0 Å². The molecule has 5 aromatic heterocycles. The first-order valence-electron chi connectivity index (χ1n) is 36.0. The molecule has 0 saturated carbocycles. The van der Waals surface area contributed by atoms with Crippen LogP contribution in [-0.2, 0) is 0 Å². The number of hydrogen-bond donors (Lipinski definition) is 0. The van der Waals surface area contributed by atoms with Crippen molar-refractivity contribution in [3.8, 4) is 101 Å². The highest BCUT2D eigenvalue weighted by Crippen LogP contribution is 2.47. The third-order valence-electron chi connectivity index (χ3n) is 21.2. The van der Waals surface area contributed by atoms with Gasteiger partial charge in [-0.25, -0.2) is 14.7 Å². The minimum absolute atomic E-state index is 0.674. The summed E-state index contributed by atoms with van der Waals surface area (Å²) in [7, 11) is 0. The highest BCUT2D eigenvalue weighted by molar-refractivity contribution is 7.26. The van der Waals surface area contributed by atoms with E-state index in [1.54, 1.807) is 22.7 Å². The third kappa shape index (κ3) is 11.3. The summed E-state index contributed by atoms with van der Waals surface area (Å²) in [5.41, 5.74) is 21.3. The summed E-state index contributed by atoms with van der Waals surface area (Å²) in [6.45, 7) is 15.0. The number of fused-ring (bicyclic) bond motifs is 16. The van der Waals surface area contributed by atoms with Gasteiger partial charge in [0.25, 0.3) is 0 Å². The average molecular weight is 1410 g/mol. The van der Waals surface area contributed by atoms with Crippen molar-refractivity contribution in [2.75, 3.05) is 0 Å². The number of nitrogens with zero attached hydrogens (tertiary/aromatic N) is 5. The van der Waals surface area contributed by atoms with Crippen LogP contribution in [0.15, 0.2) is 358 Å². The molecule has 21 rings (SSSR count). The van der Waals surface area contributed by atoms with E-state index < -0.39 is 0 Å². The second kappa shape index (κ2) is 26.6. The molecule has 0 spiro atoms. The molecule has 0 amide bonds. The van der Waals surface area contributed by atoms with Gasteiger partial charge in [-0.2, -0.15) is 0 Å². The van der Waals surface area contributed by atoms with Crippen LogP contribution in [0, 0.1) is 13.1 Å². The summed E-state index contributed by atoms with van der Waals surface area (Å²) in [6.07, 6.45) is 3.70. The van der Waals surface area contributed by atoms with E-state index in [9.17, 15) is 0 Å². The average Bonchev–Trinajstić information content (AvgIpc) is 1.09. The second-order valence-corrected chi connectivity index (χ2v) is 29.6. The van der Waals surface area contributed by atoms with Gasteiger partial charge in [-0.05, 0) is 257 Å². The Morgan fingerprint density at radius 3 is 0.954 bits per heavy atom. The summed E-state index contributed by atoms with van der Waals surface area (Å²) in [5.74, 6) is 0. The van der Waals surface area contributed by atoms with Crippen LogP contribution < -0.4 is 0 Å². The van der Waals surface area contributed by atoms with Gasteiger partial charge in [-0.3, -0.25) is 9.97 Å². The van der Waals surface area contributed by atoms with Crippen LogP contribution in [-0.4, -0.2) is 15.0 Å². The molecule has 16 aromatic carbocycles. The van der Waals surface area contributed by atoms with Crippen LogP contribution in [0.3, 0.4) is 0 Å². The van der Waals surface area contributed by atoms with Crippen LogP contribution in [0.5, 0.6) is 0 Å². The zero-order valence-electron chi connectivity index (χ0n) is 58.1. The molecule has 0 bridgehead atoms. The molecule has 0 atom stereocenters. The topological polar surface area (TPSA) is 47.4 Å². The van der Waals surface area contributed by atoms with Crippen molar-refractivity contribution < 1.29 is 0 Å². The Balaban J connectivity index is 0.000000143. The minimum atomic E-state index is 0.674. The molecule has 0 radical (unpaired) electrons. The molecule has 21 aromatic rings. The monoisotopic (exact) mass is 1410 g/mol. The van der Waals surface area contributed by atoms with Crippen LogP contribution >= 0.6 is 22.7 Å². The van der Waals surface area contributed by atoms with Crippen LogP contribution in [0.4, 0.5) is 11.4 Å². The van der Waals surface area contributed by atoms with E-state index in [0.717, 1.165) is 61.4 Å². The number of thiophene rings is 2. The highest BCUT2D eigenvalue weighted by atomic mass is 32.1. The van der Waals surface area contributed by atoms with Crippen molar-refractivity contribution in [1.82, 2.24) is 15.0 Å². The molecular weight excluding hydrogens is 1350 g/mol. The van der Waals surface area contributed by atoms with E-state index in [4.69, 9.17) is 28.1 Å². The molecule has 108 heavy (non-hydrogen) atoms. The van der Waals surface area contributed by atoms with Crippen molar-refractivity contribution in [2.45, 2.75) is 0 Å². The quantitative estimate of drug-likeness (QED) is 0.107. The smallest absolute Gasteiger partial charge is 0.187 e. The Morgan fingerprint density at radius 2 is 0.528 bits per heavy atom. The van der Waals surface area contributed by atoms with Crippen molar-refractivity contribution in [3.63, 3.8) is 0 Å². The lowest BCUT2D eigenvalue weighted by Crippen LogP contribution is -1.92. The molecular formula is C101H59N5S2. The number of hydrogen-bond acceptors (Lipinski definition) is 5. The van der Waals surface area contributed by atoms with Gasteiger partial charge in [0.2, 0.25) is 0 Å². The van der Waals surface area contributed by atoms with Crippen molar-refractivity contribution >= 4 is 139 Å². The van der Waals surface area contributed by atoms with Crippen LogP contribution in [0.1, 0.15) is 0 Å². The fourth-order valence-corrected chi connectivity index (χ4v) is 18.2. The Morgan fingerprint density at radius 1 is 0.194 bits per heavy atom. The number of aromatic nitrogens is 3. The lowest BCUT2D eigenvalue weighted by molar-refractivity contribution is 1.31. The van der Waals surface area contributed by atoms with Crippen molar-refractivity contribution in [1.29, 1.82) is 0 Å². The maximum atomic E-state index is 7.52. The molecule has 0 fully saturated rings. The first-order valence-corrected chi connectivity index (χ1v) is 37.7. The highest BCUT2D eigenvalue weighted by Gasteiger charge is 2.20. The first kappa shape index (κ1) is 63.6. The predicted molar refractivity (Wildman–Crippen MR) is 459 cm³/mol. The zero-order chi connectivity index (χ0) is 71.8. The largest absolute Gasteiger partial charge is 0.256 e. The SMILES string of the molecule is [C-]#[N+]c1ccc2sc3ccc(-c4ccc(-c5cc6c7ccccc7c(-c7cc(-c8ccccn8)cc(-c8ccccn8)c7)cc6c6ccccc56)cc4)cc3c2c1.[C-]#[N+]c1ccc2sc3ccc(-c4ccc(-c5cc6c7ccccc7c(-c7cccc(-c8ccccc8)n7)cc6c6ccccc56)cc4)cc3c2c1. The molecule has 500 valence electrons. The summed E-state index contributed by atoms with van der Waals surface area (Å²) >= 11 is 3.56. The Kier molecular flexibility index (Phi) is 15.7. The number of rotatable bonds is 9. The van der Waals surface area contributed by atoms with E-state index in [2.05, 4.69) is 301 Å². The van der Waals surface area contributed by atoms with E-state index >= 15 is 0 Å². The Hall–Kier alpha value is -14.1. The fourth-order valence-electron chi connectivity index (χ4n) is 16.0. The van der Waals surface area contributed by atoms with E-state index in [1.165, 1.54) is 144 Å². The van der Waals surface area contributed by atoms with Crippen LogP contribution in [0.2, 0.25) is 0 Å². The van der Waals surface area contributed by atoms with Crippen LogP contribution in [0.25, 0.3) is 215 Å². The van der Waals surface area contributed by atoms with Crippen molar-refractivity contribution in [2.24, 2.45) is 0 Å². The molecule has 5 nitrogen and oxygen atoms in total. The maximum absolute atomic E-state index is 7.52. The summed E-state index contributed by atoms with van der Waals surface area (Å²) < 4.78 is 4.90. The molecule has 0 aliphatic carbocycles. The van der Waals surface area contributed by atoms with Crippen molar-refractivity contribution in [3.05, 3.63) is 381 Å². The van der Waals surface area contributed by atoms with Gasteiger partial charge in [0.05, 0.1) is 35.9 Å². The number of pyridine rings is 3. The minimum Gasteiger partial charge on any atom is -0.256 e. The van der Waals surface area contributed by atoms with Gasteiger partial charge in [0.15, 0.2) is 11.4 Å². The van der Waals surface area contributed by atoms with Gasteiger partial charge < -0.3 is 0 Å². The molecule has 7 heteroatoms. The maximum Gasteiger partial charge on any atom is 0.187 e. The molecule has 0 saturated heterocycles. The van der Waals surface area contributed by atoms with Gasteiger partial charge >= 0.3 is 0 Å². The predicted octanol–water partition coefficient (Wildman–Crippen LogP) is 29.3. The molecule has 0 aliphatic heterocycles. The molecule has 0 N–H and O–H groups in total. The normalized spacial score (nSPS) is 11.5. The zero-order valence-corrected chi connectivity index (χ0v) is 59.7. The Labute approximate surface area is 631 Å². The van der Waals surface area contributed by atoms with E-state index in [1.807, 2.05) is 67.0 Å². The lowest BCUT2D eigenvalue weighted by Gasteiger charge is -2.17. The van der Waals surface area contributed by atoms with E-state index in [0.29, 0.717) is 11.4 Å². The summed E-state index contributed by atoms with van der Waals surface area (Å²) in [4.78, 5) is 22.0. The summed E-state index contributed by atoms with van der Waals surface area (Å²) in [5, 5.41) is 19.3. The summed E-state index contributed by atoms with van der Waals surface area (Å²) in [6, 6.07) is 124. The fraction of sp³-hybridized carbons (Fsp3) is 0.